The van der Waals surface area contributed by atoms with Crippen molar-refractivity contribution >= 4 is 5.91 Å². The number of hydrogen-bond acceptors (Lipinski definition) is 3. The maximum Gasteiger partial charge on any atom is 0.253 e. The number of β-amino-alcohol motifs (C(OH)–C–C–N with tert-alkyl or cyclic N) is 1. The molecule has 1 fully saturated rings. The fourth-order valence-electron chi connectivity index (χ4n) is 2.64. The number of fused-ring (bicyclic) bond motifs is 1. The summed E-state index contributed by atoms with van der Waals surface area (Å²) in [4.78, 5) is 14.1. The van der Waals surface area contributed by atoms with Crippen molar-refractivity contribution < 1.29 is 14.6 Å². The fourth-order valence-corrected chi connectivity index (χ4v) is 2.64. The summed E-state index contributed by atoms with van der Waals surface area (Å²) in [5.41, 5.74) is 1.81. The number of benzene rings is 1. The van der Waals surface area contributed by atoms with Crippen LogP contribution in [0.15, 0.2) is 18.2 Å². The molecule has 2 aliphatic heterocycles. The van der Waals surface area contributed by atoms with Gasteiger partial charge in [0.05, 0.1) is 12.7 Å². The second-order valence-electron chi connectivity index (χ2n) is 4.97. The number of likely N-dealkylation sites (tertiary alicyclic amines) is 1. The van der Waals surface area contributed by atoms with E-state index in [0.29, 0.717) is 18.7 Å². The van der Waals surface area contributed by atoms with E-state index in [1.807, 2.05) is 18.2 Å². The van der Waals surface area contributed by atoms with E-state index in [0.717, 1.165) is 37.1 Å². The Hall–Kier alpha value is -1.55. The van der Waals surface area contributed by atoms with Crippen molar-refractivity contribution in [2.45, 2.75) is 25.4 Å². The summed E-state index contributed by atoms with van der Waals surface area (Å²) in [5.74, 6) is 0.911. The molecule has 0 spiro atoms. The molecule has 1 saturated heterocycles. The summed E-state index contributed by atoms with van der Waals surface area (Å²) >= 11 is 0. The van der Waals surface area contributed by atoms with E-state index in [1.54, 1.807) is 4.90 Å². The number of rotatable bonds is 1. The molecule has 0 radical (unpaired) electrons. The first-order valence-electron chi connectivity index (χ1n) is 6.47. The first-order valence-corrected chi connectivity index (χ1v) is 6.47. The normalized spacial score (nSPS) is 22.5. The van der Waals surface area contributed by atoms with Gasteiger partial charge < -0.3 is 14.7 Å². The van der Waals surface area contributed by atoms with Crippen LogP contribution in [0, 0.1) is 0 Å². The van der Waals surface area contributed by atoms with E-state index in [1.165, 1.54) is 0 Å². The average molecular weight is 247 g/mol. The van der Waals surface area contributed by atoms with Gasteiger partial charge in [0, 0.05) is 25.1 Å². The van der Waals surface area contributed by atoms with Crippen LogP contribution in [0.3, 0.4) is 0 Å². The summed E-state index contributed by atoms with van der Waals surface area (Å²) in [6, 6.07) is 5.61. The van der Waals surface area contributed by atoms with E-state index in [-0.39, 0.29) is 12.0 Å². The Kier molecular flexibility index (Phi) is 2.96. The molecule has 4 nitrogen and oxygen atoms in total. The maximum absolute atomic E-state index is 12.3. The van der Waals surface area contributed by atoms with E-state index < -0.39 is 0 Å². The predicted molar refractivity (Wildman–Crippen MR) is 66.8 cm³/mol. The second-order valence-corrected chi connectivity index (χ2v) is 4.97. The van der Waals surface area contributed by atoms with E-state index >= 15 is 0 Å². The van der Waals surface area contributed by atoms with Gasteiger partial charge in [-0.3, -0.25) is 4.79 Å². The number of nitrogens with zero attached hydrogens (tertiary/aromatic N) is 1. The van der Waals surface area contributed by atoms with Gasteiger partial charge >= 0.3 is 0 Å². The van der Waals surface area contributed by atoms with Gasteiger partial charge in [-0.15, -0.1) is 0 Å². The van der Waals surface area contributed by atoms with Gasteiger partial charge in [-0.25, -0.2) is 0 Å². The molecule has 96 valence electrons. The quantitative estimate of drug-likeness (QED) is 0.811. The maximum atomic E-state index is 12.3. The molecule has 0 bridgehead atoms. The van der Waals surface area contributed by atoms with E-state index in [4.69, 9.17) is 4.74 Å². The topological polar surface area (TPSA) is 49.8 Å². The number of carbonyl (C=O) groups is 1. The smallest absolute Gasteiger partial charge is 0.253 e. The van der Waals surface area contributed by atoms with Gasteiger partial charge in [0.15, 0.2) is 0 Å². The van der Waals surface area contributed by atoms with Crippen molar-refractivity contribution in [3.05, 3.63) is 29.3 Å². The second kappa shape index (κ2) is 4.61. The zero-order valence-electron chi connectivity index (χ0n) is 10.3. The number of hydrogen-bond donors (Lipinski definition) is 1. The molecule has 1 aromatic carbocycles. The van der Waals surface area contributed by atoms with Gasteiger partial charge in [0.25, 0.3) is 5.91 Å². The average Bonchev–Trinajstić information content (AvgIpc) is 2.85. The van der Waals surface area contributed by atoms with Crippen LogP contribution in [0.25, 0.3) is 0 Å². The lowest BCUT2D eigenvalue weighted by atomic mass is 10.0. The molecule has 0 aliphatic carbocycles. The zero-order chi connectivity index (χ0) is 12.5. The minimum atomic E-state index is -0.375. The Morgan fingerprint density at radius 3 is 3.17 bits per heavy atom. The largest absolute Gasteiger partial charge is 0.493 e. The molecule has 0 aromatic heterocycles. The molecule has 2 aliphatic rings. The van der Waals surface area contributed by atoms with Crippen molar-refractivity contribution in [3.63, 3.8) is 0 Å². The van der Waals surface area contributed by atoms with E-state index in [9.17, 15) is 9.90 Å². The van der Waals surface area contributed by atoms with Crippen molar-refractivity contribution in [1.82, 2.24) is 4.90 Å². The summed E-state index contributed by atoms with van der Waals surface area (Å²) in [6.07, 6.45) is 2.17. The fraction of sp³-hybridized carbons (Fsp3) is 0.500. The third-order valence-corrected chi connectivity index (χ3v) is 3.62. The van der Waals surface area contributed by atoms with Gasteiger partial charge in [-0.1, -0.05) is 0 Å². The number of ether oxygens (including phenoxy) is 1. The molecule has 1 atom stereocenters. The summed E-state index contributed by atoms with van der Waals surface area (Å²) < 4.78 is 5.43. The molecule has 1 N–H and O–H groups in total. The molecule has 2 heterocycles. The standard InChI is InChI=1S/C14H17NO3/c16-12-2-1-6-15(9-12)14(17)11-3-4-13-10(8-11)5-7-18-13/h3-4,8,12,16H,1-2,5-7,9H2/t12-/m0/s1. The summed E-state index contributed by atoms with van der Waals surface area (Å²) in [6.45, 7) is 1.89. The Bertz CT molecular complexity index is 472. The zero-order valence-corrected chi connectivity index (χ0v) is 10.3. The molecule has 1 aromatic rings. The third-order valence-electron chi connectivity index (χ3n) is 3.62. The molecular weight excluding hydrogens is 230 g/mol. The van der Waals surface area contributed by atoms with Crippen molar-refractivity contribution in [2.24, 2.45) is 0 Å². The predicted octanol–water partition coefficient (Wildman–Crippen LogP) is 1.22. The van der Waals surface area contributed by atoms with Crippen LogP contribution in [0.5, 0.6) is 5.75 Å². The Morgan fingerprint density at radius 2 is 2.33 bits per heavy atom. The number of carbonyl (C=O) groups excluding carboxylic acids is 1. The van der Waals surface area contributed by atoms with Crippen LogP contribution in [-0.2, 0) is 6.42 Å². The highest BCUT2D eigenvalue weighted by molar-refractivity contribution is 5.94. The lowest BCUT2D eigenvalue weighted by molar-refractivity contribution is 0.0473. The molecule has 4 heteroatoms. The van der Waals surface area contributed by atoms with Crippen LogP contribution < -0.4 is 4.74 Å². The van der Waals surface area contributed by atoms with Crippen LogP contribution in [0.1, 0.15) is 28.8 Å². The van der Waals surface area contributed by atoms with Crippen LogP contribution in [0.4, 0.5) is 0 Å². The van der Waals surface area contributed by atoms with E-state index in [2.05, 4.69) is 0 Å². The Morgan fingerprint density at radius 1 is 1.44 bits per heavy atom. The summed E-state index contributed by atoms with van der Waals surface area (Å²) in [5, 5.41) is 9.62. The minimum absolute atomic E-state index is 0.0171. The lowest BCUT2D eigenvalue weighted by Gasteiger charge is -2.30. The first-order chi connectivity index (χ1) is 8.74. The molecule has 3 rings (SSSR count). The van der Waals surface area contributed by atoms with Crippen molar-refractivity contribution in [1.29, 1.82) is 0 Å². The highest BCUT2D eigenvalue weighted by Gasteiger charge is 2.24. The molecular formula is C14H17NO3. The highest BCUT2D eigenvalue weighted by atomic mass is 16.5. The molecule has 18 heavy (non-hydrogen) atoms. The Labute approximate surface area is 106 Å². The molecule has 1 amide bonds. The summed E-state index contributed by atoms with van der Waals surface area (Å²) in [7, 11) is 0. The number of amides is 1. The third kappa shape index (κ3) is 2.08. The number of aliphatic hydroxyl groups excluding tert-OH is 1. The van der Waals surface area contributed by atoms with Crippen molar-refractivity contribution in [3.8, 4) is 5.75 Å². The molecule has 0 unspecified atom stereocenters. The SMILES string of the molecule is O=C(c1ccc2c(c1)CCO2)N1CCC[C@H](O)C1. The lowest BCUT2D eigenvalue weighted by Crippen LogP contribution is -2.42. The highest BCUT2D eigenvalue weighted by Crippen LogP contribution is 2.26. The van der Waals surface area contributed by atoms with Gasteiger partial charge in [-0.05, 0) is 36.6 Å². The molecule has 0 saturated carbocycles. The van der Waals surface area contributed by atoms with Crippen molar-refractivity contribution in [2.75, 3.05) is 19.7 Å². The van der Waals surface area contributed by atoms with Gasteiger partial charge in [-0.2, -0.15) is 0 Å². The first kappa shape index (κ1) is 11.5. The number of piperidine rings is 1. The van der Waals surface area contributed by atoms with Gasteiger partial charge in [0.1, 0.15) is 5.75 Å². The Balaban J connectivity index is 1.79. The van der Waals surface area contributed by atoms with Crippen LogP contribution in [0.2, 0.25) is 0 Å². The van der Waals surface area contributed by atoms with Crippen LogP contribution >= 0.6 is 0 Å². The minimum Gasteiger partial charge on any atom is -0.493 e. The van der Waals surface area contributed by atoms with Crippen LogP contribution in [-0.4, -0.2) is 41.7 Å². The number of aliphatic hydroxyl groups is 1. The van der Waals surface area contributed by atoms with Gasteiger partial charge in [0.2, 0.25) is 0 Å². The monoisotopic (exact) mass is 247 g/mol.